The SMILES string of the molecule is Nc1cc2c(cc1OCc1ccccc1)NC(=O)CO2. The number of hydrogen-bond donors (Lipinski definition) is 2. The van der Waals surface area contributed by atoms with Gasteiger partial charge in [0, 0.05) is 12.1 Å². The van der Waals surface area contributed by atoms with Gasteiger partial charge in [-0.15, -0.1) is 0 Å². The van der Waals surface area contributed by atoms with Gasteiger partial charge in [0.2, 0.25) is 0 Å². The second kappa shape index (κ2) is 5.13. The topological polar surface area (TPSA) is 73.6 Å². The standard InChI is InChI=1S/C15H14N2O3/c16-11-6-14-12(17-15(18)9-20-14)7-13(11)19-8-10-4-2-1-3-5-10/h1-7H,8-9,16H2,(H,17,18). The normalized spacial score (nSPS) is 13.1. The van der Waals surface area contributed by atoms with E-state index >= 15 is 0 Å². The number of anilines is 2. The second-order valence-corrected chi connectivity index (χ2v) is 4.50. The minimum Gasteiger partial charge on any atom is -0.487 e. The average Bonchev–Trinajstić information content (AvgIpc) is 2.46. The van der Waals surface area contributed by atoms with Gasteiger partial charge in [-0.3, -0.25) is 4.79 Å². The fraction of sp³-hybridized carbons (Fsp3) is 0.133. The molecular formula is C15H14N2O3. The molecular weight excluding hydrogens is 256 g/mol. The van der Waals surface area contributed by atoms with Crippen molar-refractivity contribution in [1.82, 2.24) is 0 Å². The summed E-state index contributed by atoms with van der Waals surface area (Å²) in [4.78, 5) is 11.3. The number of carbonyl (C=O) groups excluding carboxylic acids is 1. The van der Waals surface area contributed by atoms with Crippen LogP contribution in [0.2, 0.25) is 0 Å². The highest BCUT2D eigenvalue weighted by Crippen LogP contribution is 2.36. The monoisotopic (exact) mass is 270 g/mol. The van der Waals surface area contributed by atoms with Gasteiger partial charge in [0.1, 0.15) is 18.1 Å². The van der Waals surface area contributed by atoms with Gasteiger partial charge in [0.25, 0.3) is 5.91 Å². The van der Waals surface area contributed by atoms with Gasteiger partial charge in [0.05, 0.1) is 11.4 Å². The first-order chi connectivity index (χ1) is 9.72. The lowest BCUT2D eigenvalue weighted by atomic mass is 10.2. The maximum Gasteiger partial charge on any atom is 0.262 e. The van der Waals surface area contributed by atoms with Crippen molar-refractivity contribution in [2.45, 2.75) is 6.61 Å². The van der Waals surface area contributed by atoms with Gasteiger partial charge in [-0.25, -0.2) is 0 Å². The number of benzene rings is 2. The summed E-state index contributed by atoms with van der Waals surface area (Å²) in [5.74, 6) is 0.906. The zero-order valence-electron chi connectivity index (χ0n) is 10.8. The van der Waals surface area contributed by atoms with E-state index in [0.717, 1.165) is 5.56 Å². The first-order valence-corrected chi connectivity index (χ1v) is 6.25. The van der Waals surface area contributed by atoms with E-state index in [-0.39, 0.29) is 12.5 Å². The van der Waals surface area contributed by atoms with Crippen LogP contribution in [-0.2, 0) is 11.4 Å². The number of carbonyl (C=O) groups is 1. The Morgan fingerprint density at radius 3 is 2.85 bits per heavy atom. The second-order valence-electron chi connectivity index (χ2n) is 4.50. The Bertz CT molecular complexity index is 641. The lowest BCUT2D eigenvalue weighted by molar-refractivity contribution is -0.118. The molecule has 5 nitrogen and oxygen atoms in total. The molecule has 0 aliphatic carbocycles. The quantitative estimate of drug-likeness (QED) is 0.838. The van der Waals surface area contributed by atoms with E-state index < -0.39 is 0 Å². The molecule has 2 aromatic carbocycles. The van der Waals surface area contributed by atoms with Crippen LogP contribution in [-0.4, -0.2) is 12.5 Å². The molecule has 20 heavy (non-hydrogen) atoms. The van der Waals surface area contributed by atoms with Gasteiger partial charge < -0.3 is 20.5 Å². The average molecular weight is 270 g/mol. The Kier molecular flexibility index (Phi) is 3.16. The summed E-state index contributed by atoms with van der Waals surface area (Å²) < 4.78 is 11.0. The van der Waals surface area contributed by atoms with E-state index in [2.05, 4.69) is 5.32 Å². The fourth-order valence-corrected chi connectivity index (χ4v) is 1.98. The number of ether oxygens (including phenoxy) is 2. The molecule has 5 heteroatoms. The molecule has 3 rings (SSSR count). The molecule has 0 bridgehead atoms. The molecule has 3 N–H and O–H groups in total. The largest absolute Gasteiger partial charge is 0.487 e. The molecule has 1 heterocycles. The Morgan fingerprint density at radius 1 is 1.25 bits per heavy atom. The van der Waals surface area contributed by atoms with Crippen molar-refractivity contribution in [2.75, 3.05) is 17.7 Å². The molecule has 0 atom stereocenters. The van der Waals surface area contributed by atoms with Crippen molar-refractivity contribution in [2.24, 2.45) is 0 Å². The summed E-state index contributed by atoms with van der Waals surface area (Å²) in [5, 5.41) is 2.73. The van der Waals surface area contributed by atoms with Crippen LogP contribution in [0.4, 0.5) is 11.4 Å². The van der Waals surface area contributed by atoms with Crippen LogP contribution in [0.3, 0.4) is 0 Å². The lowest BCUT2D eigenvalue weighted by Gasteiger charge is -2.20. The third kappa shape index (κ3) is 2.51. The Labute approximate surface area is 116 Å². The molecule has 1 aliphatic rings. The minimum absolute atomic E-state index is 0.0106. The number of nitrogens with one attached hydrogen (secondary N) is 1. The van der Waals surface area contributed by atoms with Crippen LogP contribution < -0.4 is 20.5 Å². The molecule has 0 saturated carbocycles. The lowest BCUT2D eigenvalue weighted by Crippen LogP contribution is -2.25. The molecule has 102 valence electrons. The predicted octanol–water partition coefficient (Wildman–Crippen LogP) is 2.18. The van der Waals surface area contributed by atoms with Crippen molar-refractivity contribution < 1.29 is 14.3 Å². The van der Waals surface area contributed by atoms with Crippen LogP contribution in [0.25, 0.3) is 0 Å². The van der Waals surface area contributed by atoms with Crippen molar-refractivity contribution in [3.63, 3.8) is 0 Å². The smallest absolute Gasteiger partial charge is 0.262 e. The number of hydrogen-bond acceptors (Lipinski definition) is 4. The first kappa shape index (κ1) is 12.3. The maximum absolute atomic E-state index is 11.3. The fourth-order valence-electron chi connectivity index (χ4n) is 1.98. The Hall–Kier alpha value is -2.69. The van der Waals surface area contributed by atoms with Crippen LogP contribution in [0.15, 0.2) is 42.5 Å². The van der Waals surface area contributed by atoms with E-state index in [4.69, 9.17) is 15.2 Å². The number of nitrogen functional groups attached to an aromatic ring is 1. The number of nitrogens with two attached hydrogens (primary N) is 1. The molecule has 0 unspecified atom stereocenters. The summed E-state index contributed by atoms with van der Waals surface area (Å²) in [6.07, 6.45) is 0. The highest BCUT2D eigenvalue weighted by Gasteiger charge is 2.18. The zero-order valence-corrected chi connectivity index (χ0v) is 10.8. The Balaban J connectivity index is 1.80. The van der Waals surface area contributed by atoms with Crippen LogP contribution in [0.5, 0.6) is 11.5 Å². The molecule has 1 aliphatic heterocycles. The Morgan fingerprint density at radius 2 is 2.05 bits per heavy atom. The molecule has 0 spiro atoms. The van der Waals surface area contributed by atoms with Crippen molar-refractivity contribution in [3.8, 4) is 11.5 Å². The van der Waals surface area contributed by atoms with E-state index in [1.165, 1.54) is 0 Å². The third-order valence-corrected chi connectivity index (χ3v) is 2.98. The molecule has 0 radical (unpaired) electrons. The summed E-state index contributed by atoms with van der Waals surface area (Å²) in [6.45, 7) is 0.426. The molecule has 0 saturated heterocycles. The zero-order chi connectivity index (χ0) is 13.9. The van der Waals surface area contributed by atoms with E-state index in [1.54, 1.807) is 12.1 Å². The number of amides is 1. The van der Waals surface area contributed by atoms with E-state index in [1.807, 2.05) is 30.3 Å². The summed E-state index contributed by atoms with van der Waals surface area (Å²) in [6, 6.07) is 13.1. The molecule has 0 fully saturated rings. The van der Waals surface area contributed by atoms with E-state index in [0.29, 0.717) is 29.5 Å². The molecule has 0 aromatic heterocycles. The van der Waals surface area contributed by atoms with Crippen molar-refractivity contribution in [1.29, 1.82) is 0 Å². The highest BCUT2D eigenvalue weighted by atomic mass is 16.5. The predicted molar refractivity (Wildman–Crippen MR) is 75.8 cm³/mol. The number of rotatable bonds is 3. The highest BCUT2D eigenvalue weighted by molar-refractivity contribution is 5.96. The van der Waals surface area contributed by atoms with Gasteiger partial charge in [0.15, 0.2) is 6.61 Å². The van der Waals surface area contributed by atoms with Gasteiger partial charge in [-0.2, -0.15) is 0 Å². The summed E-state index contributed by atoms with van der Waals surface area (Å²) >= 11 is 0. The molecule has 1 amide bonds. The maximum atomic E-state index is 11.3. The van der Waals surface area contributed by atoms with Crippen molar-refractivity contribution >= 4 is 17.3 Å². The minimum atomic E-state index is -0.184. The van der Waals surface area contributed by atoms with Gasteiger partial charge in [-0.1, -0.05) is 30.3 Å². The third-order valence-electron chi connectivity index (χ3n) is 2.98. The van der Waals surface area contributed by atoms with Crippen LogP contribution >= 0.6 is 0 Å². The summed E-state index contributed by atoms with van der Waals surface area (Å²) in [7, 11) is 0. The van der Waals surface area contributed by atoms with Gasteiger partial charge in [-0.05, 0) is 5.56 Å². The number of fused-ring (bicyclic) bond motifs is 1. The van der Waals surface area contributed by atoms with Gasteiger partial charge >= 0.3 is 0 Å². The molecule has 2 aromatic rings. The van der Waals surface area contributed by atoms with E-state index in [9.17, 15) is 4.79 Å². The van der Waals surface area contributed by atoms with Crippen LogP contribution in [0.1, 0.15) is 5.56 Å². The van der Waals surface area contributed by atoms with Crippen molar-refractivity contribution in [3.05, 3.63) is 48.0 Å². The summed E-state index contributed by atoms with van der Waals surface area (Å²) in [5.41, 5.74) is 8.04. The first-order valence-electron chi connectivity index (χ1n) is 6.25. The van der Waals surface area contributed by atoms with Crippen LogP contribution in [0, 0.1) is 0 Å².